The number of fused-ring (bicyclic) bond motifs is 2. The Balaban J connectivity index is 1.78. The fraction of sp³-hybridized carbons (Fsp3) is 0.261. The van der Waals surface area contributed by atoms with E-state index >= 15 is 0 Å². The molecular weight excluding hydrogens is 366 g/mol. The summed E-state index contributed by atoms with van der Waals surface area (Å²) in [6.07, 6.45) is 2.86. The van der Waals surface area contributed by atoms with Crippen molar-refractivity contribution in [3.8, 4) is 5.75 Å². The highest BCUT2D eigenvalue weighted by molar-refractivity contribution is 5.96. The van der Waals surface area contributed by atoms with Crippen molar-refractivity contribution in [3.05, 3.63) is 93.9 Å². The fourth-order valence-corrected chi connectivity index (χ4v) is 4.85. The van der Waals surface area contributed by atoms with Crippen molar-refractivity contribution in [2.75, 3.05) is 6.54 Å². The number of carbonyl (C=O) groups is 1. The summed E-state index contributed by atoms with van der Waals surface area (Å²) in [7, 11) is 0. The van der Waals surface area contributed by atoms with Crippen LogP contribution in [-0.2, 0) is 0 Å². The maximum Gasteiger partial charge on any atom is 0.276 e. The number of hydrogen-bond acceptors (Lipinski definition) is 4. The van der Waals surface area contributed by atoms with Crippen molar-refractivity contribution < 1.29 is 9.90 Å². The van der Waals surface area contributed by atoms with E-state index in [-0.39, 0.29) is 29.6 Å². The third-order valence-corrected chi connectivity index (χ3v) is 6.08. The van der Waals surface area contributed by atoms with Crippen LogP contribution < -0.4 is 5.43 Å². The first-order valence-corrected chi connectivity index (χ1v) is 9.88. The van der Waals surface area contributed by atoms with Gasteiger partial charge in [0.15, 0.2) is 11.4 Å². The third kappa shape index (κ3) is 2.75. The van der Waals surface area contributed by atoms with Gasteiger partial charge in [0.1, 0.15) is 0 Å². The second-order valence-electron chi connectivity index (χ2n) is 7.65. The number of rotatable bonds is 3. The van der Waals surface area contributed by atoms with Crippen molar-refractivity contribution in [3.63, 3.8) is 0 Å². The van der Waals surface area contributed by atoms with Gasteiger partial charge in [-0.15, -0.1) is 0 Å². The minimum Gasteiger partial charge on any atom is -0.502 e. The van der Waals surface area contributed by atoms with Crippen LogP contribution in [0.3, 0.4) is 0 Å². The molecule has 0 spiro atoms. The molecule has 6 nitrogen and oxygen atoms in total. The van der Waals surface area contributed by atoms with Crippen molar-refractivity contribution >= 4 is 5.91 Å². The third-order valence-electron chi connectivity index (χ3n) is 6.08. The van der Waals surface area contributed by atoms with E-state index in [1.54, 1.807) is 9.58 Å². The molecule has 0 aliphatic carbocycles. The average Bonchev–Trinajstić information content (AvgIpc) is 3.25. The van der Waals surface area contributed by atoms with Crippen molar-refractivity contribution in [2.45, 2.75) is 30.8 Å². The number of nitrogens with zero attached hydrogens (tertiary/aromatic N) is 3. The second-order valence-corrected chi connectivity index (χ2v) is 7.65. The first-order valence-electron chi connectivity index (χ1n) is 9.88. The lowest BCUT2D eigenvalue weighted by Crippen LogP contribution is -2.50. The molecule has 1 fully saturated rings. The number of hydrogen-bond donors (Lipinski definition) is 1. The van der Waals surface area contributed by atoms with E-state index in [9.17, 15) is 14.7 Å². The average molecular weight is 387 g/mol. The van der Waals surface area contributed by atoms with Gasteiger partial charge in [-0.05, 0) is 24.0 Å². The molecule has 3 aromatic rings. The number of amides is 1. The Morgan fingerprint density at radius 3 is 2.21 bits per heavy atom. The van der Waals surface area contributed by atoms with Gasteiger partial charge in [-0.2, -0.15) is 5.10 Å². The highest BCUT2D eigenvalue weighted by Crippen LogP contribution is 2.45. The molecule has 0 bridgehead atoms. The number of aromatic hydroxyl groups is 1. The fourth-order valence-electron chi connectivity index (χ4n) is 4.85. The largest absolute Gasteiger partial charge is 0.502 e. The highest BCUT2D eigenvalue weighted by atomic mass is 16.3. The monoisotopic (exact) mass is 387 g/mol. The summed E-state index contributed by atoms with van der Waals surface area (Å²) in [5.74, 6) is -0.907. The van der Waals surface area contributed by atoms with Gasteiger partial charge in [0, 0.05) is 12.5 Å². The summed E-state index contributed by atoms with van der Waals surface area (Å²) in [5, 5.41) is 14.8. The Hall–Kier alpha value is -3.41. The van der Waals surface area contributed by atoms with Crippen LogP contribution >= 0.6 is 0 Å². The lowest BCUT2D eigenvalue weighted by Gasteiger charge is -2.42. The van der Waals surface area contributed by atoms with Gasteiger partial charge < -0.3 is 10.0 Å². The smallest absolute Gasteiger partial charge is 0.276 e. The standard InChI is InChI=1S/C23H21N3O3/c27-18-14-24-26-20(17-12-7-13-25(17)23(29)21(26)22(18)28)19(15-8-3-1-4-9-15)16-10-5-2-6-11-16/h1-6,8-11,14,17,19-20,28H,7,12-13H2/t17-,20-/m1/s1. The predicted molar refractivity (Wildman–Crippen MR) is 108 cm³/mol. The molecule has 0 saturated carbocycles. The van der Waals surface area contributed by atoms with Crippen LogP contribution in [0, 0.1) is 0 Å². The summed E-state index contributed by atoms with van der Waals surface area (Å²) in [6, 6.07) is 20.0. The molecule has 1 N–H and O–H groups in total. The zero-order valence-electron chi connectivity index (χ0n) is 15.8. The van der Waals surface area contributed by atoms with Crippen LogP contribution in [0.25, 0.3) is 0 Å². The van der Waals surface area contributed by atoms with E-state index < -0.39 is 11.2 Å². The molecule has 6 heteroatoms. The molecule has 29 heavy (non-hydrogen) atoms. The molecule has 2 aromatic carbocycles. The summed E-state index contributed by atoms with van der Waals surface area (Å²) < 4.78 is 1.59. The Morgan fingerprint density at radius 1 is 0.966 bits per heavy atom. The second kappa shape index (κ2) is 6.88. The lowest BCUT2D eigenvalue weighted by molar-refractivity contribution is 0.0565. The summed E-state index contributed by atoms with van der Waals surface area (Å²) >= 11 is 0. The Morgan fingerprint density at radius 2 is 1.59 bits per heavy atom. The van der Waals surface area contributed by atoms with Crippen LogP contribution in [0.4, 0.5) is 0 Å². The van der Waals surface area contributed by atoms with E-state index in [1.807, 2.05) is 36.4 Å². The van der Waals surface area contributed by atoms with Crippen LogP contribution in [-0.4, -0.2) is 38.3 Å². The van der Waals surface area contributed by atoms with E-state index in [1.165, 1.54) is 0 Å². The maximum atomic E-state index is 13.1. The Labute approximate surface area is 168 Å². The summed E-state index contributed by atoms with van der Waals surface area (Å²) in [6.45, 7) is 0.624. The zero-order valence-corrected chi connectivity index (χ0v) is 15.8. The van der Waals surface area contributed by atoms with E-state index in [4.69, 9.17) is 0 Å². The molecule has 0 radical (unpaired) electrons. The molecule has 1 saturated heterocycles. The number of aromatic nitrogens is 2. The van der Waals surface area contributed by atoms with Crippen LogP contribution in [0.5, 0.6) is 5.75 Å². The van der Waals surface area contributed by atoms with Crippen LogP contribution in [0.2, 0.25) is 0 Å². The van der Waals surface area contributed by atoms with E-state index in [0.717, 1.165) is 30.2 Å². The van der Waals surface area contributed by atoms with Gasteiger partial charge in [-0.25, -0.2) is 0 Å². The normalized spacial score (nSPS) is 20.6. The molecule has 1 aromatic heterocycles. The summed E-state index contributed by atoms with van der Waals surface area (Å²) in [4.78, 5) is 26.9. The predicted octanol–water partition coefficient (Wildman–Crippen LogP) is 2.94. The van der Waals surface area contributed by atoms with Gasteiger partial charge in [0.05, 0.1) is 18.3 Å². The molecule has 3 heterocycles. The molecule has 5 rings (SSSR count). The molecule has 146 valence electrons. The molecule has 2 atom stereocenters. The van der Waals surface area contributed by atoms with Crippen molar-refractivity contribution in [2.24, 2.45) is 0 Å². The Kier molecular flexibility index (Phi) is 4.19. The van der Waals surface area contributed by atoms with E-state index in [0.29, 0.717) is 6.54 Å². The molecule has 1 amide bonds. The SMILES string of the molecule is O=C1c2c(O)c(=O)cnn2[C@@H](C(c2ccccc2)c2ccccc2)[C@H]2CCCN12. The highest BCUT2D eigenvalue weighted by Gasteiger charge is 2.47. The molecule has 2 aliphatic heterocycles. The molecular formula is C23H21N3O3. The Bertz CT molecular complexity index is 1070. The van der Waals surface area contributed by atoms with Crippen molar-refractivity contribution in [1.82, 2.24) is 14.7 Å². The maximum absolute atomic E-state index is 13.1. The first-order chi connectivity index (χ1) is 14.2. The summed E-state index contributed by atoms with van der Waals surface area (Å²) in [5.41, 5.74) is 1.58. The van der Waals surface area contributed by atoms with Crippen molar-refractivity contribution in [1.29, 1.82) is 0 Å². The number of carbonyl (C=O) groups excluding carboxylic acids is 1. The van der Waals surface area contributed by atoms with Gasteiger partial charge in [0.2, 0.25) is 5.43 Å². The van der Waals surface area contributed by atoms with Gasteiger partial charge in [0.25, 0.3) is 5.91 Å². The minimum absolute atomic E-state index is 0.00230. The van der Waals surface area contributed by atoms with E-state index in [2.05, 4.69) is 29.4 Å². The van der Waals surface area contributed by atoms with Crippen LogP contribution in [0.1, 0.15) is 46.4 Å². The van der Waals surface area contributed by atoms with Gasteiger partial charge >= 0.3 is 0 Å². The topological polar surface area (TPSA) is 75.4 Å². The zero-order chi connectivity index (χ0) is 20.0. The first kappa shape index (κ1) is 17.7. The quantitative estimate of drug-likeness (QED) is 0.750. The van der Waals surface area contributed by atoms with Gasteiger partial charge in [-0.1, -0.05) is 60.7 Å². The van der Waals surface area contributed by atoms with Gasteiger partial charge in [-0.3, -0.25) is 14.3 Å². The molecule has 0 unspecified atom stereocenters. The van der Waals surface area contributed by atoms with Crippen LogP contribution in [0.15, 0.2) is 71.7 Å². The minimum atomic E-state index is -0.628. The lowest BCUT2D eigenvalue weighted by atomic mass is 9.80. The number of benzene rings is 2. The molecule has 2 aliphatic rings.